The number of ether oxygens (including phenoxy) is 4. The van der Waals surface area contributed by atoms with E-state index in [-0.39, 0.29) is 18.2 Å². The molecule has 190 valence electrons. The highest BCUT2D eigenvalue weighted by atomic mass is 32.2. The van der Waals surface area contributed by atoms with Crippen LogP contribution in [-0.4, -0.2) is 75.4 Å². The van der Waals surface area contributed by atoms with Gasteiger partial charge >= 0.3 is 5.69 Å². The molecule has 1 heterocycles. The molecule has 34 heavy (non-hydrogen) atoms. The number of carbonyl (C=O) groups excluding carboxylic acids is 1. The third kappa shape index (κ3) is 12.7. The number of benzene rings is 1. The van der Waals surface area contributed by atoms with Gasteiger partial charge in [0.2, 0.25) is 5.91 Å². The number of nitrogens with zero attached hydrogens (tertiary/aromatic N) is 1. The number of aryl methyl sites for hydroxylation is 1. The Morgan fingerprint density at radius 3 is 2.53 bits per heavy atom. The van der Waals surface area contributed by atoms with Gasteiger partial charge in [0, 0.05) is 38.0 Å². The van der Waals surface area contributed by atoms with Crippen LogP contribution in [0.1, 0.15) is 11.1 Å². The number of hydrogen-bond donors (Lipinski definition) is 3. The van der Waals surface area contributed by atoms with Crippen LogP contribution in [0, 0.1) is 12.7 Å². The summed E-state index contributed by atoms with van der Waals surface area (Å²) in [5, 5.41) is 3.23. The molecule has 0 bridgehead atoms. The number of nitrogens with two attached hydrogens (primary N) is 1. The maximum absolute atomic E-state index is 13.8. The predicted molar refractivity (Wildman–Crippen MR) is 128 cm³/mol. The van der Waals surface area contributed by atoms with Crippen molar-refractivity contribution in [2.75, 3.05) is 59.6 Å². The van der Waals surface area contributed by atoms with Crippen LogP contribution < -0.4 is 21.5 Å². The molecule has 4 N–H and O–H groups in total. The van der Waals surface area contributed by atoms with Crippen molar-refractivity contribution in [3.8, 4) is 5.75 Å². The highest BCUT2D eigenvalue weighted by molar-refractivity contribution is 7.99. The summed E-state index contributed by atoms with van der Waals surface area (Å²) in [6.45, 7) is 5.53. The zero-order valence-corrected chi connectivity index (χ0v) is 20.5. The lowest BCUT2D eigenvalue weighted by molar-refractivity contribution is -0.118. The maximum Gasteiger partial charge on any atom is 0.345 e. The molecule has 0 unspecified atom stereocenters. The van der Waals surface area contributed by atoms with Crippen molar-refractivity contribution in [3.05, 3.63) is 51.8 Å². The molecule has 0 spiro atoms. The standard InChI is InChI=1S/C15H16FN3O3S.C7H17NO3/c1-9-6-18-15(21)19-14(9)23-8-13(20)17-7-10-3-4-11(22-2)5-12(10)16;1-9-4-5-11-7-6-10-3-2-8/h3-6H,7-8H2,1-2H3,(H,17,20)(H,18,19,21);2-8H2,1H3. The molecule has 12 heteroatoms. The van der Waals surface area contributed by atoms with Gasteiger partial charge < -0.3 is 35.0 Å². The Morgan fingerprint density at radius 2 is 1.88 bits per heavy atom. The number of H-pyrrole nitrogens is 1. The maximum atomic E-state index is 13.8. The number of amides is 1. The fourth-order valence-electron chi connectivity index (χ4n) is 2.32. The first kappa shape index (κ1) is 29.5. The van der Waals surface area contributed by atoms with Crippen molar-refractivity contribution in [2.45, 2.75) is 18.5 Å². The largest absolute Gasteiger partial charge is 0.497 e. The van der Waals surface area contributed by atoms with Crippen LogP contribution in [0.15, 0.2) is 34.2 Å². The number of rotatable bonds is 14. The second kappa shape index (κ2) is 17.9. The minimum atomic E-state index is -0.459. The molecule has 0 saturated heterocycles. The fourth-order valence-corrected chi connectivity index (χ4v) is 3.14. The molecule has 2 aromatic rings. The smallest absolute Gasteiger partial charge is 0.345 e. The number of carbonyl (C=O) groups is 1. The number of hydrogen-bond acceptors (Lipinski definition) is 9. The molecule has 1 aromatic carbocycles. The fraction of sp³-hybridized carbons (Fsp3) is 0.500. The molecule has 10 nitrogen and oxygen atoms in total. The second-order valence-corrected chi connectivity index (χ2v) is 7.72. The average molecular weight is 501 g/mol. The van der Waals surface area contributed by atoms with Gasteiger partial charge in [0.25, 0.3) is 0 Å². The number of thioether (sulfide) groups is 1. The molecular formula is C22H33FN4O6S. The summed E-state index contributed by atoms with van der Waals surface area (Å²) in [7, 11) is 3.10. The van der Waals surface area contributed by atoms with E-state index in [1.807, 2.05) is 0 Å². The van der Waals surface area contributed by atoms with Crippen LogP contribution in [0.4, 0.5) is 4.39 Å². The van der Waals surface area contributed by atoms with Gasteiger partial charge in [-0.15, -0.1) is 0 Å². The molecule has 1 aromatic heterocycles. The topological polar surface area (TPSA) is 138 Å². The molecule has 0 fully saturated rings. The summed E-state index contributed by atoms with van der Waals surface area (Å²) in [6, 6.07) is 4.46. The SMILES string of the molecule is COCCOCCOCCN.COc1ccc(CNC(=O)CSc2[nH]c(=O)ncc2C)c(F)c1. The third-order valence-corrected chi connectivity index (χ3v) is 5.22. The first-order chi connectivity index (χ1) is 16.4. The van der Waals surface area contributed by atoms with Crippen molar-refractivity contribution in [2.24, 2.45) is 5.73 Å². The van der Waals surface area contributed by atoms with E-state index in [1.54, 1.807) is 26.2 Å². The molecular weight excluding hydrogens is 467 g/mol. The monoisotopic (exact) mass is 500 g/mol. The van der Waals surface area contributed by atoms with Crippen LogP contribution in [0.5, 0.6) is 5.75 Å². The zero-order valence-electron chi connectivity index (χ0n) is 19.7. The van der Waals surface area contributed by atoms with Crippen molar-refractivity contribution >= 4 is 17.7 Å². The highest BCUT2D eigenvalue weighted by Gasteiger charge is 2.08. The summed E-state index contributed by atoms with van der Waals surface area (Å²) in [6.07, 6.45) is 1.45. The zero-order chi connectivity index (χ0) is 25.2. The van der Waals surface area contributed by atoms with Gasteiger partial charge in [-0.25, -0.2) is 14.2 Å². The first-order valence-electron chi connectivity index (χ1n) is 10.5. The predicted octanol–water partition coefficient (Wildman–Crippen LogP) is 1.26. The number of methoxy groups -OCH3 is 2. The number of aromatic amines is 1. The van der Waals surface area contributed by atoms with Crippen LogP contribution in [0.2, 0.25) is 0 Å². The van der Waals surface area contributed by atoms with Crippen LogP contribution in [0.3, 0.4) is 0 Å². The molecule has 0 aliphatic carbocycles. The van der Waals surface area contributed by atoms with Crippen LogP contribution >= 0.6 is 11.8 Å². The van der Waals surface area contributed by atoms with Gasteiger partial charge in [0.05, 0.1) is 50.9 Å². The Kier molecular flexibility index (Phi) is 15.5. The lowest BCUT2D eigenvalue weighted by Gasteiger charge is -2.08. The van der Waals surface area contributed by atoms with Crippen molar-refractivity contribution in [1.29, 1.82) is 0 Å². The van der Waals surface area contributed by atoms with Gasteiger partial charge in [-0.2, -0.15) is 0 Å². The lowest BCUT2D eigenvalue weighted by atomic mass is 10.2. The Labute approximate surface area is 202 Å². The van der Waals surface area contributed by atoms with Crippen LogP contribution in [-0.2, 0) is 25.5 Å². The molecule has 2 rings (SSSR count). The minimum Gasteiger partial charge on any atom is -0.497 e. The van der Waals surface area contributed by atoms with E-state index in [0.717, 1.165) is 5.56 Å². The second-order valence-electron chi connectivity index (χ2n) is 6.73. The lowest BCUT2D eigenvalue weighted by Crippen LogP contribution is -2.25. The summed E-state index contributed by atoms with van der Waals surface area (Å²) in [5.41, 5.74) is 5.90. The number of nitrogens with one attached hydrogen (secondary N) is 2. The van der Waals surface area contributed by atoms with Gasteiger partial charge in [-0.05, 0) is 18.6 Å². The van der Waals surface area contributed by atoms with Crippen molar-refractivity contribution < 1.29 is 28.1 Å². The van der Waals surface area contributed by atoms with Crippen molar-refractivity contribution in [3.63, 3.8) is 0 Å². The Morgan fingerprint density at radius 1 is 1.18 bits per heavy atom. The summed E-state index contributed by atoms with van der Waals surface area (Å²) < 4.78 is 33.7. The molecule has 1 amide bonds. The normalized spacial score (nSPS) is 10.4. The Hall–Kier alpha value is -2.51. The number of aromatic nitrogens is 2. The van der Waals surface area contributed by atoms with Crippen molar-refractivity contribution in [1.82, 2.24) is 15.3 Å². The van der Waals surface area contributed by atoms with E-state index in [0.29, 0.717) is 55.9 Å². The van der Waals surface area contributed by atoms with Gasteiger partial charge in [0.1, 0.15) is 11.6 Å². The molecule has 0 aliphatic rings. The van der Waals surface area contributed by atoms with E-state index < -0.39 is 11.5 Å². The average Bonchev–Trinajstić information content (AvgIpc) is 2.83. The summed E-state index contributed by atoms with van der Waals surface area (Å²) in [5.74, 6) is -0.169. The van der Waals surface area contributed by atoms with E-state index in [2.05, 4.69) is 15.3 Å². The third-order valence-electron chi connectivity index (χ3n) is 4.10. The quantitative estimate of drug-likeness (QED) is 0.199. The van der Waals surface area contributed by atoms with Gasteiger partial charge in [0.15, 0.2) is 0 Å². The van der Waals surface area contributed by atoms with Gasteiger partial charge in [-0.1, -0.05) is 17.8 Å². The Balaban J connectivity index is 0.000000445. The van der Waals surface area contributed by atoms with E-state index >= 15 is 0 Å². The van der Waals surface area contributed by atoms with Gasteiger partial charge in [-0.3, -0.25) is 4.79 Å². The molecule has 0 atom stereocenters. The van der Waals surface area contributed by atoms with E-state index in [4.69, 9.17) is 24.7 Å². The molecule has 0 saturated carbocycles. The highest BCUT2D eigenvalue weighted by Crippen LogP contribution is 2.18. The summed E-state index contributed by atoms with van der Waals surface area (Å²) in [4.78, 5) is 29.1. The molecule has 0 radical (unpaired) electrons. The first-order valence-corrected chi connectivity index (χ1v) is 11.5. The minimum absolute atomic E-state index is 0.0844. The van der Waals surface area contributed by atoms with E-state index in [1.165, 1.54) is 31.1 Å². The molecule has 0 aliphatic heterocycles. The van der Waals surface area contributed by atoms with E-state index in [9.17, 15) is 14.0 Å². The summed E-state index contributed by atoms with van der Waals surface area (Å²) >= 11 is 1.19. The Bertz CT molecular complexity index is 907. The van der Waals surface area contributed by atoms with Crippen LogP contribution in [0.25, 0.3) is 0 Å². The number of halogens is 1.